The predicted octanol–water partition coefficient (Wildman–Crippen LogP) is 4.74. The Bertz CT molecular complexity index is 754. The Balaban J connectivity index is 1.98. The first-order valence-corrected chi connectivity index (χ1v) is 7.33. The van der Waals surface area contributed by atoms with Crippen LogP contribution in [0.25, 0.3) is 10.2 Å². The third kappa shape index (κ3) is 2.57. The van der Waals surface area contributed by atoms with Gasteiger partial charge in [0.05, 0.1) is 10.2 Å². The number of nitrogen functional groups attached to an aromatic ring is 1. The van der Waals surface area contributed by atoms with E-state index in [1.807, 2.05) is 43.3 Å². The van der Waals surface area contributed by atoms with Crippen molar-refractivity contribution < 1.29 is 4.74 Å². The Morgan fingerprint density at radius 2 is 2.05 bits per heavy atom. The van der Waals surface area contributed by atoms with Gasteiger partial charge in [-0.1, -0.05) is 33.3 Å². The van der Waals surface area contributed by atoms with Gasteiger partial charge in [-0.15, -0.1) is 0 Å². The van der Waals surface area contributed by atoms with Crippen LogP contribution in [-0.2, 0) is 0 Å². The number of ether oxygens (including phenoxy) is 1. The molecule has 0 saturated carbocycles. The number of thiazole rings is 1. The molecule has 0 unspecified atom stereocenters. The van der Waals surface area contributed by atoms with Gasteiger partial charge >= 0.3 is 0 Å². The minimum Gasteiger partial charge on any atom is -0.431 e. The highest BCUT2D eigenvalue weighted by Gasteiger charge is 2.08. The SMILES string of the molecule is Cc1ccc(Br)cc1Oc1nc2ccc(N)cc2s1. The lowest BCUT2D eigenvalue weighted by Gasteiger charge is -2.05. The maximum Gasteiger partial charge on any atom is 0.279 e. The lowest BCUT2D eigenvalue weighted by molar-refractivity contribution is 0.476. The van der Waals surface area contributed by atoms with E-state index in [1.54, 1.807) is 0 Å². The molecule has 19 heavy (non-hydrogen) atoms. The number of rotatable bonds is 2. The highest BCUT2D eigenvalue weighted by molar-refractivity contribution is 9.10. The van der Waals surface area contributed by atoms with Crippen LogP contribution in [0, 0.1) is 6.92 Å². The topological polar surface area (TPSA) is 48.1 Å². The van der Waals surface area contributed by atoms with Crippen molar-refractivity contribution in [2.24, 2.45) is 0 Å². The highest BCUT2D eigenvalue weighted by atomic mass is 79.9. The van der Waals surface area contributed by atoms with Crippen LogP contribution in [0.2, 0.25) is 0 Å². The molecule has 0 bridgehead atoms. The van der Waals surface area contributed by atoms with Gasteiger partial charge in [0.15, 0.2) is 0 Å². The first-order valence-electron chi connectivity index (χ1n) is 5.72. The van der Waals surface area contributed by atoms with Crippen LogP contribution in [-0.4, -0.2) is 4.98 Å². The summed E-state index contributed by atoms with van der Waals surface area (Å²) in [6, 6.07) is 11.6. The van der Waals surface area contributed by atoms with Gasteiger partial charge in [0, 0.05) is 10.2 Å². The monoisotopic (exact) mass is 334 g/mol. The third-order valence-electron chi connectivity index (χ3n) is 2.74. The second kappa shape index (κ2) is 4.83. The fraction of sp³-hybridized carbons (Fsp3) is 0.0714. The van der Waals surface area contributed by atoms with E-state index in [0.29, 0.717) is 5.19 Å². The summed E-state index contributed by atoms with van der Waals surface area (Å²) in [7, 11) is 0. The zero-order valence-electron chi connectivity index (χ0n) is 10.2. The predicted molar refractivity (Wildman–Crippen MR) is 83.0 cm³/mol. The summed E-state index contributed by atoms with van der Waals surface area (Å²) in [5, 5.41) is 0.627. The summed E-state index contributed by atoms with van der Waals surface area (Å²) >= 11 is 4.93. The fourth-order valence-electron chi connectivity index (χ4n) is 1.74. The van der Waals surface area contributed by atoms with E-state index in [0.717, 1.165) is 31.7 Å². The van der Waals surface area contributed by atoms with E-state index in [2.05, 4.69) is 20.9 Å². The number of aromatic nitrogens is 1. The number of halogens is 1. The number of aryl methyl sites for hydroxylation is 1. The number of benzene rings is 2. The van der Waals surface area contributed by atoms with Gasteiger partial charge < -0.3 is 10.5 Å². The number of anilines is 1. The Morgan fingerprint density at radius 3 is 2.89 bits per heavy atom. The second-order valence-corrected chi connectivity index (χ2v) is 6.13. The van der Waals surface area contributed by atoms with Gasteiger partial charge in [0.25, 0.3) is 5.19 Å². The fourth-order valence-corrected chi connectivity index (χ4v) is 2.96. The van der Waals surface area contributed by atoms with Crippen molar-refractivity contribution in [2.75, 3.05) is 5.73 Å². The smallest absolute Gasteiger partial charge is 0.279 e. The average molecular weight is 335 g/mol. The van der Waals surface area contributed by atoms with Crippen molar-refractivity contribution in [2.45, 2.75) is 6.92 Å². The van der Waals surface area contributed by atoms with Crippen molar-refractivity contribution in [1.29, 1.82) is 0 Å². The number of nitrogens with zero attached hydrogens (tertiary/aromatic N) is 1. The van der Waals surface area contributed by atoms with Gasteiger partial charge in [0.2, 0.25) is 0 Å². The van der Waals surface area contributed by atoms with Crippen LogP contribution in [0.15, 0.2) is 40.9 Å². The van der Waals surface area contributed by atoms with E-state index in [1.165, 1.54) is 11.3 Å². The molecular weight excluding hydrogens is 324 g/mol. The minimum atomic E-state index is 0.627. The van der Waals surface area contributed by atoms with Crippen molar-refractivity contribution in [3.8, 4) is 10.9 Å². The number of fused-ring (bicyclic) bond motifs is 1. The summed E-state index contributed by atoms with van der Waals surface area (Å²) in [6.45, 7) is 2.01. The van der Waals surface area contributed by atoms with Gasteiger partial charge in [-0.3, -0.25) is 0 Å². The molecule has 2 aromatic carbocycles. The molecule has 3 aromatic rings. The van der Waals surface area contributed by atoms with Crippen LogP contribution in [0.3, 0.4) is 0 Å². The van der Waals surface area contributed by atoms with Crippen LogP contribution in [0.5, 0.6) is 10.9 Å². The molecule has 0 spiro atoms. The summed E-state index contributed by atoms with van der Waals surface area (Å²) in [6.07, 6.45) is 0. The van der Waals surface area contributed by atoms with Gasteiger partial charge in [0.1, 0.15) is 5.75 Å². The lowest BCUT2D eigenvalue weighted by Crippen LogP contribution is -1.86. The normalized spacial score (nSPS) is 10.8. The molecule has 0 fully saturated rings. The van der Waals surface area contributed by atoms with E-state index >= 15 is 0 Å². The number of hydrogen-bond acceptors (Lipinski definition) is 4. The maximum atomic E-state index is 5.85. The molecular formula is C14H11BrN2OS. The lowest BCUT2D eigenvalue weighted by atomic mass is 10.2. The van der Waals surface area contributed by atoms with E-state index in [-0.39, 0.29) is 0 Å². The summed E-state index contributed by atoms with van der Waals surface area (Å²) in [4.78, 5) is 4.45. The third-order valence-corrected chi connectivity index (χ3v) is 4.13. The number of hydrogen-bond donors (Lipinski definition) is 1. The molecule has 96 valence electrons. The summed E-state index contributed by atoms with van der Waals surface area (Å²) < 4.78 is 7.87. The summed E-state index contributed by atoms with van der Waals surface area (Å²) in [5.41, 5.74) is 8.47. The van der Waals surface area contributed by atoms with Crippen molar-refractivity contribution >= 4 is 43.2 Å². The van der Waals surface area contributed by atoms with E-state index < -0.39 is 0 Å². The minimum absolute atomic E-state index is 0.627. The molecule has 0 radical (unpaired) electrons. The number of nitrogens with two attached hydrogens (primary N) is 1. The Hall–Kier alpha value is -1.59. The van der Waals surface area contributed by atoms with Crippen LogP contribution in [0.4, 0.5) is 5.69 Å². The molecule has 0 atom stereocenters. The Labute approximate surface area is 123 Å². The van der Waals surface area contributed by atoms with Crippen molar-refractivity contribution in [1.82, 2.24) is 4.98 Å². The molecule has 2 N–H and O–H groups in total. The Kier molecular flexibility index (Phi) is 3.16. The molecule has 3 nitrogen and oxygen atoms in total. The molecule has 1 heterocycles. The maximum absolute atomic E-state index is 5.85. The van der Waals surface area contributed by atoms with Gasteiger partial charge in [-0.05, 0) is 42.8 Å². The molecule has 1 aromatic heterocycles. The van der Waals surface area contributed by atoms with Crippen LogP contribution < -0.4 is 10.5 Å². The highest BCUT2D eigenvalue weighted by Crippen LogP contribution is 2.34. The Morgan fingerprint density at radius 1 is 1.21 bits per heavy atom. The van der Waals surface area contributed by atoms with Gasteiger partial charge in [-0.25, -0.2) is 4.98 Å². The first kappa shape index (κ1) is 12.4. The second-order valence-electron chi connectivity index (χ2n) is 4.22. The molecule has 5 heteroatoms. The van der Waals surface area contributed by atoms with Crippen LogP contribution in [0.1, 0.15) is 5.56 Å². The average Bonchev–Trinajstić information content (AvgIpc) is 2.75. The van der Waals surface area contributed by atoms with E-state index in [4.69, 9.17) is 10.5 Å². The van der Waals surface area contributed by atoms with Crippen LogP contribution >= 0.6 is 27.3 Å². The molecule has 0 amide bonds. The zero-order chi connectivity index (χ0) is 13.4. The molecule has 0 aliphatic rings. The standard InChI is InChI=1S/C14H11BrN2OS/c1-8-2-3-9(15)6-12(8)18-14-17-11-5-4-10(16)7-13(11)19-14/h2-7H,16H2,1H3. The summed E-state index contributed by atoms with van der Waals surface area (Å²) in [5.74, 6) is 0.807. The van der Waals surface area contributed by atoms with E-state index in [9.17, 15) is 0 Å². The zero-order valence-corrected chi connectivity index (χ0v) is 12.6. The van der Waals surface area contributed by atoms with Gasteiger partial charge in [-0.2, -0.15) is 0 Å². The van der Waals surface area contributed by atoms with Crippen molar-refractivity contribution in [3.05, 3.63) is 46.4 Å². The largest absolute Gasteiger partial charge is 0.431 e. The molecule has 0 aliphatic carbocycles. The first-order chi connectivity index (χ1) is 9.11. The molecule has 0 saturated heterocycles. The molecule has 0 aliphatic heterocycles. The van der Waals surface area contributed by atoms with Crippen molar-refractivity contribution in [3.63, 3.8) is 0 Å². The molecule has 3 rings (SSSR count). The quantitative estimate of drug-likeness (QED) is 0.688.